The van der Waals surface area contributed by atoms with Gasteiger partial charge in [-0.15, -0.1) is 0 Å². The van der Waals surface area contributed by atoms with Crippen LogP contribution in [0.2, 0.25) is 0 Å². The molecule has 1 saturated heterocycles. The molecular weight excluding hydrogens is 663 g/mol. The lowest BCUT2D eigenvalue weighted by Crippen LogP contribution is -2.54. The third-order valence-electron chi connectivity index (χ3n) is 11.7. The van der Waals surface area contributed by atoms with Gasteiger partial charge in [0.15, 0.2) is 0 Å². The number of piperazine rings is 1. The summed E-state index contributed by atoms with van der Waals surface area (Å²) in [4.78, 5) is 33.5. The van der Waals surface area contributed by atoms with Crippen LogP contribution in [0.15, 0.2) is 53.0 Å². The van der Waals surface area contributed by atoms with Crippen LogP contribution in [0.3, 0.4) is 0 Å². The van der Waals surface area contributed by atoms with Gasteiger partial charge in [-0.2, -0.15) is 5.26 Å². The summed E-state index contributed by atoms with van der Waals surface area (Å²) in [6.45, 7) is 19.4. The van der Waals surface area contributed by atoms with E-state index < -0.39 is 0 Å². The van der Waals surface area contributed by atoms with E-state index in [1.165, 1.54) is 29.5 Å². The molecule has 282 valence electrons. The number of ether oxygens (including phenoxy) is 2. The van der Waals surface area contributed by atoms with E-state index in [1.54, 1.807) is 25.8 Å². The van der Waals surface area contributed by atoms with Gasteiger partial charge in [0, 0.05) is 69.2 Å². The summed E-state index contributed by atoms with van der Waals surface area (Å²) in [7, 11) is 5.22. The first-order valence-corrected chi connectivity index (χ1v) is 19.1. The number of hydrogen-bond donors (Lipinski definition) is 0. The zero-order chi connectivity index (χ0) is 38.4. The number of carbonyl (C=O) groups excluding carboxylic acids is 1. The minimum absolute atomic E-state index is 0.0137. The fourth-order valence-corrected chi connectivity index (χ4v) is 8.69. The van der Waals surface area contributed by atoms with Crippen molar-refractivity contribution < 1.29 is 14.3 Å². The molecule has 1 amide bonds. The quantitative estimate of drug-likeness (QED) is 0.172. The lowest BCUT2D eigenvalue weighted by molar-refractivity contribution is -0.130. The van der Waals surface area contributed by atoms with Crippen LogP contribution >= 0.6 is 0 Å². The molecule has 1 atom stereocenters. The minimum Gasteiger partial charge on any atom is -0.496 e. The molecule has 0 bridgehead atoms. The van der Waals surface area contributed by atoms with E-state index in [2.05, 4.69) is 60.0 Å². The van der Waals surface area contributed by atoms with Crippen molar-refractivity contribution in [1.29, 1.82) is 5.26 Å². The number of hydrogen-bond acceptors (Lipinski definition) is 7. The summed E-state index contributed by atoms with van der Waals surface area (Å²) >= 11 is 0. The first-order chi connectivity index (χ1) is 25.1. The molecule has 3 aromatic rings. The average molecular weight is 720 g/mol. The van der Waals surface area contributed by atoms with Gasteiger partial charge < -0.3 is 18.9 Å². The van der Waals surface area contributed by atoms with Crippen LogP contribution in [0.5, 0.6) is 11.5 Å². The predicted molar refractivity (Wildman–Crippen MR) is 210 cm³/mol. The molecule has 2 fully saturated rings. The number of pyridine rings is 1. The minimum atomic E-state index is -0.259. The Kier molecular flexibility index (Phi) is 10.7. The second-order valence-electron chi connectivity index (χ2n) is 16.9. The van der Waals surface area contributed by atoms with Crippen LogP contribution in [0, 0.1) is 36.5 Å². The first-order valence-electron chi connectivity index (χ1n) is 19.1. The van der Waals surface area contributed by atoms with Crippen LogP contribution in [0.1, 0.15) is 86.9 Å². The number of nitriles is 1. The van der Waals surface area contributed by atoms with Gasteiger partial charge in [0.1, 0.15) is 23.1 Å². The Morgan fingerprint density at radius 3 is 2.30 bits per heavy atom. The summed E-state index contributed by atoms with van der Waals surface area (Å²) in [6, 6.07) is 12.9. The highest BCUT2D eigenvalue weighted by Gasteiger charge is 2.51. The van der Waals surface area contributed by atoms with E-state index in [4.69, 9.17) is 9.47 Å². The summed E-state index contributed by atoms with van der Waals surface area (Å²) in [5, 5.41) is 9.94. The van der Waals surface area contributed by atoms with E-state index in [-0.39, 0.29) is 40.0 Å². The maximum atomic E-state index is 13.8. The number of carbonyl (C=O) groups is 1. The second kappa shape index (κ2) is 14.8. The van der Waals surface area contributed by atoms with Gasteiger partial charge in [0.25, 0.3) is 11.5 Å². The highest BCUT2D eigenvalue weighted by atomic mass is 16.5. The highest BCUT2D eigenvalue weighted by molar-refractivity contribution is 5.97. The van der Waals surface area contributed by atoms with Gasteiger partial charge >= 0.3 is 0 Å². The van der Waals surface area contributed by atoms with E-state index in [0.717, 1.165) is 78.5 Å². The van der Waals surface area contributed by atoms with Crippen molar-refractivity contribution in [2.75, 3.05) is 40.4 Å². The fraction of sp³-hybridized carbons (Fsp3) is 0.523. The number of allylic oxidation sites excluding steroid dienone is 1. The summed E-state index contributed by atoms with van der Waals surface area (Å²) in [5.74, 6) is 1.62. The van der Waals surface area contributed by atoms with Crippen LogP contribution in [-0.2, 0) is 31.4 Å². The van der Waals surface area contributed by atoms with Crippen molar-refractivity contribution in [2.24, 2.45) is 18.4 Å². The van der Waals surface area contributed by atoms with Gasteiger partial charge in [-0.25, -0.2) is 0 Å². The molecule has 3 heterocycles. The number of nitrogens with zero attached hydrogens (tertiary/aromatic N) is 5. The van der Waals surface area contributed by atoms with Crippen LogP contribution in [-0.4, -0.2) is 71.1 Å². The van der Waals surface area contributed by atoms with Crippen molar-refractivity contribution >= 4 is 5.91 Å². The molecule has 3 aliphatic rings. The van der Waals surface area contributed by atoms with Crippen molar-refractivity contribution in [3.8, 4) is 28.7 Å². The van der Waals surface area contributed by atoms with Crippen LogP contribution < -0.4 is 15.0 Å². The van der Waals surface area contributed by atoms with Crippen molar-refractivity contribution in [3.05, 3.63) is 91.9 Å². The summed E-state index contributed by atoms with van der Waals surface area (Å²) in [5.41, 5.74) is 8.76. The average Bonchev–Trinajstić information content (AvgIpc) is 3.90. The molecule has 1 unspecified atom stereocenters. The Morgan fingerprint density at radius 2 is 1.72 bits per heavy atom. The topological polar surface area (TPSA) is 91.0 Å². The number of aromatic nitrogens is 1. The summed E-state index contributed by atoms with van der Waals surface area (Å²) in [6.07, 6.45) is 6.84. The van der Waals surface area contributed by atoms with Gasteiger partial charge in [0.05, 0.1) is 25.8 Å². The maximum absolute atomic E-state index is 13.8. The molecule has 9 heteroatoms. The molecule has 0 N–H and O–H groups in total. The number of aryl methyl sites for hydroxylation is 1. The molecule has 9 nitrogen and oxygen atoms in total. The van der Waals surface area contributed by atoms with Crippen LogP contribution in [0.25, 0.3) is 11.1 Å². The molecule has 2 aromatic carbocycles. The number of methoxy groups -OCH3 is 2. The van der Waals surface area contributed by atoms with E-state index >= 15 is 0 Å². The second-order valence-corrected chi connectivity index (χ2v) is 16.9. The Bertz CT molecular complexity index is 2000. The Hall–Kier alpha value is -4.39. The molecule has 1 aliphatic carbocycles. The zero-order valence-electron chi connectivity index (χ0n) is 33.4. The molecular formula is C44H57N5O4. The van der Waals surface area contributed by atoms with Gasteiger partial charge in [-0.3, -0.25) is 19.4 Å². The molecule has 2 aliphatic heterocycles. The zero-order valence-corrected chi connectivity index (χ0v) is 33.4. The fourth-order valence-electron chi connectivity index (χ4n) is 8.69. The first kappa shape index (κ1) is 38.3. The highest BCUT2D eigenvalue weighted by Crippen LogP contribution is 2.47. The van der Waals surface area contributed by atoms with Gasteiger partial charge in [0.2, 0.25) is 0 Å². The SMILES string of the molecule is COc1cc(-c2cn(C)c(=O)c(C)c2C)cc(OC)c1CN1CCN(Cc2cccc3c2CCN(C(=O)C(C#N)=CC(C)(C)C)C3C(C)C)C2(CC2)C1. The van der Waals surface area contributed by atoms with Crippen molar-refractivity contribution in [1.82, 2.24) is 19.3 Å². The molecule has 1 saturated carbocycles. The van der Waals surface area contributed by atoms with E-state index in [9.17, 15) is 14.9 Å². The lowest BCUT2D eigenvalue weighted by atomic mass is 9.83. The number of fused-ring (bicyclic) bond motifs is 1. The molecule has 1 aromatic heterocycles. The predicted octanol–water partition coefficient (Wildman–Crippen LogP) is 7.11. The molecule has 1 spiro atoms. The molecule has 0 radical (unpaired) electrons. The summed E-state index contributed by atoms with van der Waals surface area (Å²) < 4.78 is 13.6. The Morgan fingerprint density at radius 1 is 1.04 bits per heavy atom. The van der Waals surface area contributed by atoms with Crippen LogP contribution in [0.4, 0.5) is 0 Å². The monoisotopic (exact) mass is 719 g/mol. The molecule has 53 heavy (non-hydrogen) atoms. The Labute approximate surface area is 315 Å². The van der Waals surface area contributed by atoms with Gasteiger partial charge in [-0.05, 0) is 84.4 Å². The maximum Gasteiger partial charge on any atom is 0.264 e. The molecule has 6 rings (SSSR count). The number of benzene rings is 2. The van der Waals surface area contributed by atoms with E-state index in [1.807, 2.05) is 51.8 Å². The Balaban J connectivity index is 1.21. The largest absolute Gasteiger partial charge is 0.496 e. The van der Waals surface area contributed by atoms with Crippen molar-refractivity contribution in [2.45, 2.75) is 92.4 Å². The standard InChI is InChI=1S/C44H57N5O4/c1-28(2)40-35-13-11-12-31(34(35)14-17-49(40)42(51)33(23-45)22-43(5,6)7)24-48-19-18-47(27-44(48)15-16-44)26-37-38(52-9)20-32(21-39(37)53-10)36-25-46(8)41(50)30(4)29(36)3/h11-13,20-22,25,28,40H,14-19,24,26-27H2,1-10H3. The van der Waals surface area contributed by atoms with Gasteiger partial charge in [-0.1, -0.05) is 58.9 Å². The lowest BCUT2D eigenvalue weighted by Gasteiger charge is -2.44. The third kappa shape index (κ3) is 7.54. The number of rotatable bonds is 9. The third-order valence-corrected chi connectivity index (χ3v) is 11.7. The normalized spacial score (nSPS) is 18.9. The smallest absolute Gasteiger partial charge is 0.264 e. The van der Waals surface area contributed by atoms with Crippen molar-refractivity contribution in [3.63, 3.8) is 0 Å². The number of amides is 1. The van der Waals surface area contributed by atoms with E-state index in [0.29, 0.717) is 6.54 Å².